The van der Waals surface area contributed by atoms with E-state index in [1.807, 2.05) is 6.92 Å². The molecule has 0 spiro atoms. The molecule has 0 unspecified atom stereocenters. The van der Waals surface area contributed by atoms with E-state index in [4.69, 9.17) is 5.73 Å². The predicted octanol–water partition coefficient (Wildman–Crippen LogP) is 0.603. The highest BCUT2D eigenvalue weighted by Gasteiger charge is 2.04. The molecular formula is C5H9ClN4S. The molecule has 1 heterocycles. The molecule has 2 N–H and O–H groups in total. The van der Waals surface area contributed by atoms with Gasteiger partial charge in [-0.25, -0.2) is 0 Å². The number of aryl methyl sites for hydroxylation is 1. The molecule has 0 aliphatic rings. The van der Waals surface area contributed by atoms with E-state index in [1.165, 1.54) is 11.5 Å². The quantitative estimate of drug-likeness (QED) is 0.524. The average Bonchev–Trinajstić information content (AvgIpc) is 2.34. The predicted molar refractivity (Wildman–Crippen MR) is 48.5 cm³/mol. The Hall–Kier alpha value is -0.680. The molecule has 0 saturated carbocycles. The molecule has 0 radical (unpaired) electrons. The van der Waals surface area contributed by atoms with Crippen LogP contribution in [0.25, 0.3) is 0 Å². The number of aromatic nitrogens is 2. The lowest BCUT2D eigenvalue weighted by Gasteiger charge is -1.91. The molecule has 1 rings (SSSR count). The summed E-state index contributed by atoms with van der Waals surface area (Å²) in [5.41, 5.74) is 6.36. The van der Waals surface area contributed by atoms with Gasteiger partial charge in [0.25, 0.3) is 0 Å². The molecule has 0 aliphatic carbocycles. The van der Waals surface area contributed by atoms with Gasteiger partial charge in [0.15, 0.2) is 0 Å². The summed E-state index contributed by atoms with van der Waals surface area (Å²) in [7, 11) is 1.65. The van der Waals surface area contributed by atoms with Crippen molar-refractivity contribution >= 4 is 29.8 Å². The Bertz CT molecular complexity index is 257. The van der Waals surface area contributed by atoms with E-state index in [0.29, 0.717) is 5.84 Å². The number of nitrogens with two attached hydrogens (primary N) is 1. The molecular weight excluding hydrogens is 184 g/mol. The third-order valence-electron chi connectivity index (χ3n) is 1.13. The fourth-order valence-corrected chi connectivity index (χ4v) is 1.17. The lowest BCUT2D eigenvalue weighted by molar-refractivity contribution is 1.08. The number of rotatable bonds is 1. The highest BCUT2D eigenvalue weighted by molar-refractivity contribution is 7.08. The van der Waals surface area contributed by atoms with Crippen molar-refractivity contribution in [2.75, 3.05) is 7.05 Å². The second kappa shape index (κ2) is 4.25. The molecule has 1 aromatic heterocycles. The summed E-state index contributed by atoms with van der Waals surface area (Å²) in [5.74, 6) is 0.507. The summed E-state index contributed by atoms with van der Waals surface area (Å²) >= 11 is 1.27. The second-order valence-electron chi connectivity index (χ2n) is 1.80. The second-order valence-corrected chi connectivity index (χ2v) is 2.55. The van der Waals surface area contributed by atoms with Crippen LogP contribution in [-0.4, -0.2) is 22.5 Å². The summed E-state index contributed by atoms with van der Waals surface area (Å²) < 4.78 is 3.72. The van der Waals surface area contributed by atoms with Crippen LogP contribution in [0.4, 0.5) is 0 Å². The largest absolute Gasteiger partial charge is 0.383 e. The number of hydrogen-bond acceptors (Lipinski definition) is 4. The molecule has 6 heteroatoms. The molecule has 0 bridgehead atoms. The first-order valence-electron chi connectivity index (χ1n) is 2.77. The Kier molecular flexibility index (Phi) is 3.99. The van der Waals surface area contributed by atoms with Crippen LogP contribution in [0.2, 0.25) is 0 Å². The van der Waals surface area contributed by atoms with Crippen LogP contribution in [0.3, 0.4) is 0 Å². The Morgan fingerprint density at radius 3 is 2.64 bits per heavy atom. The third-order valence-corrected chi connectivity index (χ3v) is 1.98. The Balaban J connectivity index is 0.000001000. The Labute approximate surface area is 75.1 Å². The first-order valence-corrected chi connectivity index (χ1v) is 3.54. The van der Waals surface area contributed by atoms with Crippen LogP contribution in [0.15, 0.2) is 4.99 Å². The van der Waals surface area contributed by atoms with E-state index in [-0.39, 0.29) is 12.4 Å². The standard InChI is InChI=1S/C5H8N4S.ClH/c1-3-4(5(6)7-2)10-9-8-3;/h1-2H3,(H2,6,7);1H. The first-order chi connectivity index (χ1) is 4.75. The maximum Gasteiger partial charge on any atom is 0.139 e. The average molecular weight is 193 g/mol. The minimum absolute atomic E-state index is 0. The van der Waals surface area contributed by atoms with E-state index < -0.39 is 0 Å². The van der Waals surface area contributed by atoms with Crippen molar-refractivity contribution in [2.24, 2.45) is 10.7 Å². The topological polar surface area (TPSA) is 64.2 Å². The minimum Gasteiger partial charge on any atom is -0.383 e. The van der Waals surface area contributed by atoms with Gasteiger partial charge in [0.1, 0.15) is 10.7 Å². The van der Waals surface area contributed by atoms with Gasteiger partial charge in [-0.05, 0) is 18.5 Å². The summed E-state index contributed by atoms with van der Waals surface area (Å²) in [6, 6.07) is 0. The maximum atomic E-state index is 5.52. The van der Waals surface area contributed by atoms with Crippen LogP contribution < -0.4 is 5.73 Å². The molecule has 0 saturated heterocycles. The number of halogens is 1. The SMILES string of the molecule is CN=C(N)c1snnc1C.Cl. The normalized spacial score (nSPS) is 10.9. The number of amidine groups is 1. The molecule has 0 aromatic carbocycles. The van der Waals surface area contributed by atoms with E-state index >= 15 is 0 Å². The van der Waals surface area contributed by atoms with Crippen molar-refractivity contribution in [1.29, 1.82) is 0 Å². The minimum atomic E-state index is 0. The summed E-state index contributed by atoms with van der Waals surface area (Å²) in [6.45, 7) is 1.86. The molecule has 4 nitrogen and oxygen atoms in total. The number of aliphatic imine (C=N–C) groups is 1. The summed E-state index contributed by atoms with van der Waals surface area (Å²) in [5, 5.41) is 3.79. The summed E-state index contributed by atoms with van der Waals surface area (Å²) in [4.78, 5) is 4.68. The van der Waals surface area contributed by atoms with E-state index in [9.17, 15) is 0 Å². The molecule has 0 fully saturated rings. The van der Waals surface area contributed by atoms with E-state index in [2.05, 4.69) is 14.6 Å². The fraction of sp³-hybridized carbons (Fsp3) is 0.400. The van der Waals surface area contributed by atoms with Crippen molar-refractivity contribution in [1.82, 2.24) is 9.59 Å². The van der Waals surface area contributed by atoms with Gasteiger partial charge in [0, 0.05) is 7.05 Å². The zero-order valence-corrected chi connectivity index (χ0v) is 7.87. The molecule has 1 aromatic rings. The zero-order valence-electron chi connectivity index (χ0n) is 6.24. The van der Waals surface area contributed by atoms with Gasteiger partial charge in [-0.1, -0.05) is 4.49 Å². The van der Waals surface area contributed by atoms with Crippen molar-refractivity contribution in [3.63, 3.8) is 0 Å². The van der Waals surface area contributed by atoms with Crippen molar-refractivity contribution in [3.8, 4) is 0 Å². The van der Waals surface area contributed by atoms with Crippen LogP contribution in [0.5, 0.6) is 0 Å². The van der Waals surface area contributed by atoms with Gasteiger partial charge in [-0.2, -0.15) is 0 Å². The van der Waals surface area contributed by atoms with Crippen molar-refractivity contribution in [3.05, 3.63) is 10.6 Å². The maximum absolute atomic E-state index is 5.52. The van der Waals surface area contributed by atoms with Gasteiger partial charge >= 0.3 is 0 Å². The highest BCUT2D eigenvalue weighted by atomic mass is 35.5. The Morgan fingerprint density at radius 1 is 1.64 bits per heavy atom. The Morgan fingerprint density at radius 2 is 2.27 bits per heavy atom. The lowest BCUT2D eigenvalue weighted by Crippen LogP contribution is -2.12. The highest BCUT2D eigenvalue weighted by Crippen LogP contribution is 2.07. The van der Waals surface area contributed by atoms with Crippen molar-refractivity contribution < 1.29 is 0 Å². The summed E-state index contributed by atoms with van der Waals surface area (Å²) in [6.07, 6.45) is 0. The fourth-order valence-electron chi connectivity index (χ4n) is 0.568. The van der Waals surface area contributed by atoms with Crippen LogP contribution in [-0.2, 0) is 0 Å². The zero-order chi connectivity index (χ0) is 7.56. The smallest absolute Gasteiger partial charge is 0.139 e. The lowest BCUT2D eigenvalue weighted by atomic mass is 10.4. The molecule has 0 atom stereocenters. The monoisotopic (exact) mass is 192 g/mol. The van der Waals surface area contributed by atoms with Gasteiger partial charge in [0.05, 0.1) is 5.69 Å². The number of hydrogen-bond donors (Lipinski definition) is 1. The molecule has 0 amide bonds. The molecule has 0 aliphatic heterocycles. The first kappa shape index (κ1) is 10.3. The van der Waals surface area contributed by atoms with Gasteiger partial charge in [-0.3, -0.25) is 4.99 Å². The van der Waals surface area contributed by atoms with Crippen LogP contribution in [0.1, 0.15) is 10.6 Å². The number of nitrogens with zero attached hydrogens (tertiary/aromatic N) is 3. The van der Waals surface area contributed by atoms with Gasteiger partial charge in [-0.15, -0.1) is 17.5 Å². The van der Waals surface area contributed by atoms with Gasteiger partial charge in [0.2, 0.25) is 0 Å². The van der Waals surface area contributed by atoms with E-state index in [0.717, 1.165) is 10.6 Å². The van der Waals surface area contributed by atoms with Gasteiger partial charge < -0.3 is 5.73 Å². The molecule has 11 heavy (non-hydrogen) atoms. The van der Waals surface area contributed by atoms with Crippen LogP contribution >= 0.6 is 23.9 Å². The molecule has 62 valence electrons. The third kappa shape index (κ3) is 2.13. The van der Waals surface area contributed by atoms with Crippen LogP contribution in [0, 0.1) is 6.92 Å². The van der Waals surface area contributed by atoms with Crippen molar-refractivity contribution in [2.45, 2.75) is 6.92 Å². The van der Waals surface area contributed by atoms with E-state index in [1.54, 1.807) is 7.05 Å².